The lowest BCUT2D eigenvalue weighted by molar-refractivity contribution is -0.118. The van der Waals surface area contributed by atoms with Crippen molar-refractivity contribution in [1.29, 1.82) is 0 Å². The van der Waals surface area contributed by atoms with E-state index in [2.05, 4.69) is 10.3 Å². The molecule has 1 heterocycles. The molecule has 0 saturated carbocycles. The van der Waals surface area contributed by atoms with Gasteiger partial charge in [0.25, 0.3) is 0 Å². The fourth-order valence-electron chi connectivity index (χ4n) is 2.35. The number of amidine groups is 1. The van der Waals surface area contributed by atoms with Gasteiger partial charge in [-0.3, -0.25) is 4.79 Å². The van der Waals surface area contributed by atoms with Crippen molar-refractivity contribution in [2.45, 2.75) is 18.6 Å². The minimum atomic E-state index is -0.191. The Bertz CT molecular complexity index is 762. The van der Waals surface area contributed by atoms with Crippen LogP contribution in [0.4, 0.5) is 5.69 Å². The number of amides is 1. The number of ether oxygens (including phenoxy) is 1. The van der Waals surface area contributed by atoms with Gasteiger partial charge in [-0.05, 0) is 43.2 Å². The molecule has 1 aliphatic heterocycles. The van der Waals surface area contributed by atoms with E-state index >= 15 is 0 Å². The Balaban J connectivity index is 1.68. The van der Waals surface area contributed by atoms with E-state index in [0.717, 1.165) is 11.3 Å². The third-order valence-electron chi connectivity index (χ3n) is 3.51. The van der Waals surface area contributed by atoms with Crippen molar-refractivity contribution in [2.24, 2.45) is 4.99 Å². The second-order valence-corrected chi connectivity index (χ2v) is 6.84. The Morgan fingerprint density at radius 3 is 2.67 bits per heavy atom. The summed E-state index contributed by atoms with van der Waals surface area (Å²) in [6.07, 6.45) is 0.643. The predicted octanol–water partition coefficient (Wildman–Crippen LogP) is 4.20. The second kappa shape index (κ2) is 7.73. The summed E-state index contributed by atoms with van der Waals surface area (Å²) >= 11 is 7.54. The van der Waals surface area contributed by atoms with Crippen LogP contribution in [0.5, 0.6) is 5.75 Å². The fourth-order valence-corrected chi connectivity index (χ4v) is 3.55. The fraction of sp³-hybridized carbons (Fsp3) is 0.222. The number of carbonyl (C=O) groups is 1. The highest BCUT2D eigenvalue weighted by molar-refractivity contribution is 8.15. The maximum Gasteiger partial charge on any atom is 0.239 e. The van der Waals surface area contributed by atoms with Crippen LogP contribution in [-0.2, 0) is 11.2 Å². The predicted molar refractivity (Wildman–Crippen MR) is 99.4 cm³/mol. The number of thioether (sulfide) groups is 1. The summed E-state index contributed by atoms with van der Waals surface area (Å²) in [7, 11) is 0. The van der Waals surface area contributed by atoms with Crippen LogP contribution < -0.4 is 10.1 Å². The van der Waals surface area contributed by atoms with E-state index in [1.54, 1.807) is 6.07 Å². The minimum absolute atomic E-state index is 0.0281. The number of halogens is 1. The molecule has 124 valence electrons. The zero-order valence-electron chi connectivity index (χ0n) is 13.2. The van der Waals surface area contributed by atoms with Gasteiger partial charge in [-0.2, -0.15) is 0 Å². The first-order valence-corrected chi connectivity index (χ1v) is 8.94. The molecule has 0 spiro atoms. The number of carbonyl (C=O) groups excluding carboxylic acids is 1. The van der Waals surface area contributed by atoms with Gasteiger partial charge in [-0.1, -0.05) is 47.6 Å². The molecule has 0 radical (unpaired) electrons. The van der Waals surface area contributed by atoms with Gasteiger partial charge in [-0.25, -0.2) is 4.99 Å². The molecule has 1 amide bonds. The molecule has 0 aromatic heterocycles. The van der Waals surface area contributed by atoms with Crippen LogP contribution in [0.2, 0.25) is 5.02 Å². The van der Waals surface area contributed by atoms with E-state index in [4.69, 9.17) is 16.3 Å². The van der Waals surface area contributed by atoms with Gasteiger partial charge in [0.2, 0.25) is 5.91 Å². The molecule has 1 saturated heterocycles. The van der Waals surface area contributed by atoms with Crippen molar-refractivity contribution in [3.63, 3.8) is 0 Å². The van der Waals surface area contributed by atoms with E-state index in [-0.39, 0.29) is 11.2 Å². The quantitative estimate of drug-likeness (QED) is 0.869. The lowest BCUT2D eigenvalue weighted by atomic mass is 10.1. The van der Waals surface area contributed by atoms with Gasteiger partial charge < -0.3 is 10.1 Å². The number of para-hydroxylation sites is 1. The van der Waals surface area contributed by atoms with Crippen molar-refractivity contribution in [3.05, 3.63) is 59.1 Å². The first-order valence-electron chi connectivity index (χ1n) is 7.68. The first kappa shape index (κ1) is 16.9. The standard InChI is InChI=1S/C18H17ClN2O2S/c1-2-23-13-9-7-12(8-10-13)11-16-17(22)21-18(24-16)20-15-6-4-3-5-14(15)19/h3-10,16H,2,11H2,1H3,(H,20,21,22)/t16-/m1/s1. The molecule has 1 atom stereocenters. The van der Waals surface area contributed by atoms with Crippen LogP contribution >= 0.6 is 23.4 Å². The van der Waals surface area contributed by atoms with E-state index in [1.807, 2.05) is 49.4 Å². The van der Waals surface area contributed by atoms with Crippen LogP contribution in [0.15, 0.2) is 53.5 Å². The summed E-state index contributed by atoms with van der Waals surface area (Å²) in [6.45, 7) is 2.59. The Morgan fingerprint density at radius 1 is 1.21 bits per heavy atom. The molecule has 24 heavy (non-hydrogen) atoms. The van der Waals surface area contributed by atoms with E-state index in [9.17, 15) is 4.79 Å². The lowest BCUT2D eigenvalue weighted by Crippen LogP contribution is -2.25. The highest BCUT2D eigenvalue weighted by Crippen LogP contribution is 2.29. The maximum atomic E-state index is 12.2. The number of nitrogens with zero attached hydrogens (tertiary/aromatic N) is 1. The highest BCUT2D eigenvalue weighted by atomic mass is 35.5. The van der Waals surface area contributed by atoms with Crippen molar-refractivity contribution in [1.82, 2.24) is 5.32 Å². The normalized spacial score (nSPS) is 18.7. The van der Waals surface area contributed by atoms with Crippen molar-refractivity contribution < 1.29 is 9.53 Å². The summed E-state index contributed by atoms with van der Waals surface area (Å²) < 4.78 is 5.43. The molecule has 1 aliphatic rings. The SMILES string of the molecule is CCOc1ccc(C[C@H]2SC(=Nc3ccccc3Cl)NC2=O)cc1. The van der Waals surface area contributed by atoms with Crippen LogP contribution in [0.3, 0.4) is 0 Å². The summed E-state index contributed by atoms with van der Waals surface area (Å²) in [6, 6.07) is 15.1. The smallest absolute Gasteiger partial charge is 0.239 e. The van der Waals surface area contributed by atoms with Gasteiger partial charge in [0.05, 0.1) is 22.6 Å². The number of nitrogens with one attached hydrogen (secondary N) is 1. The molecule has 0 unspecified atom stereocenters. The number of hydrogen-bond donors (Lipinski definition) is 1. The molecule has 0 bridgehead atoms. The number of benzene rings is 2. The Hall–Kier alpha value is -1.98. The molecular weight excluding hydrogens is 344 g/mol. The van der Waals surface area contributed by atoms with Crippen LogP contribution in [-0.4, -0.2) is 22.9 Å². The molecule has 1 N–H and O–H groups in total. The number of rotatable bonds is 5. The van der Waals surface area contributed by atoms with Gasteiger partial charge in [0.15, 0.2) is 5.17 Å². The average molecular weight is 361 g/mol. The topological polar surface area (TPSA) is 50.7 Å². The van der Waals surface area contributed by atoms with E-state index in [0.29, 0.717) is 28.9 Å². The summed E-state index contributed by atoms with van der Waals surface area (Å²) in [5, 5.41) is 3.78. The molecule has 1 fully saturated rings. The van der Waals surface area contributed by atoms with Crippen LogP contribution in [0.1, 0.15) is 12.5 Å². The molecule has 4 nitrogen and oxygen atoms in total. The van der Waals surface area contributed by atoms with Gasteiger partial charge in [-0.15, -0.1) is 0 Å². The third-order valence-corrected chi connectivity index (χ3v) is 4.91. The zero-order chi connectivity index (χ0) is 16.9. The highest BCUT2D eigenvalue weighted by Gasteiger charge is 2.30. The number of hydrogen-bond acceptors (Lipinski definition) is 4. The van der Waals surface area contributed by atoms with E-state index < -0.39 is 0 Å². The molecule has 3 rings (SSSR count). The van der Waals surface area contributed by atoms with Gasteiger partial charge in [0, 0.05) is 0 Å². The first-order chi connectivity index (χ1) is 11.7. The molecule has 0 aliphatic carbocycles. The molecular formula is C18H17ClN2O2S. The third kappa shape index (κ3) is 4.10. The van der Waals surface area contributed by atoms with Gasteiger partial charge in [0.1, 0.15) is 5.75 Å². The average Bonchev–Trinajstić information content (AvgIpc) is 2.91. The van der Waals surface area contributed by atoms with Crippen LogP contribution in [0.25, 0.3) is 0 Å². The second-order valence-electron chi connectivity index (χ2n) is 5.25. The molecule has 2 aromatic rings. The maximum absolute atomic E-state index is 12.2. The van der Waals surface area contributed by atoms with Crippen molar-refractivity contribution in [2.75, 3.05) is 6.61 Å². The summed E-state index contributed by atoms with van der Waals surface area (Å²) in [4.78, 5) is 16.6. The molecule has 2 aromatic carbocycles. The largest absolute Gasteiger partial charge is 0.494 e. The summed E-state index contributed by atoms with van der Waals surface area (Å²) in [5.41, 5.74) is 1.74. The molecule has 6 heteroatoms. The van der Waals surface area contributed by atoms with Crippen LogP contribution in [0, 0.1) is 0 Å². The van der Waals surface area contributed by atoms with Gasteiger partial charge >= 0.3 is 0 Å². The lowest BCUT2D eigenvalue weighted by Gasteiger charge is -2.07. The van der Waals surface area contributed by atoms with Crippen molar-refractivity contribution in [3.8, 4) is 5.75 Å². The Morgan fingerprint density at radius 2 is 1.96 bits per heavy atom. The Kier molecular flexibility index (Phi) is 5.43. The zero-order valence-corrected chi connectivity index (χ0v) is 14.7. The van der Waals surface area contributed by atoms with Crippen molar-refractivity contribution >= 4 is 40.1 Å². The number of aliphatic imine (C=N–C) groups is 1. The monoisotopic (exact) mass is 360 g/mol. The summed E-state index contributed by atoms with van der Waals surface area (Å²) in [5.74, 6) is 0.811. The minimum Gasteiger partial charge on any atom is -0.494 e. The van der Waals surface area contributed by atoms with E-state index in [1.165, 1.54) is 11.8 Å². The Labute approximate surface area is 150 Å².